The molecule has 1 N–H and O–H groups in total. The van der Waals surface area contributed by atoms with E-state index in [-0.39, 0.29) is 11.0 Å². The first-order valence-corrected chi connectivity index (χ1v) is 10.4. The molecule has 0 amide bonds. The van der Waals surface area contributed by atoms with E-state index in [1.165, 1.54) is 33.4 Å². The number of benzene rings is 3. The SMILES string of the molecule is CC1(C)c2ccccc2-c2ccc(-c3ccc(N[C@]4(C)C=CC=CC4)cc3)cc21. The van der Waals surface area contributed by atoms with E-state index >= 15 is 0 Å². The fraction of sp³-hybridized carbons (Fsp3) is 0.214. The van der Waals surface area contributed by atoms with Crippen molar-refractivity contribution >= 4 is 5.69 Å². The van der Waals surface area contributed by atoms with Crippen LogP contribution in [0.5, 0.6) is 0 Å². The molecule has 2 aliphatic carbocycles. The van der Waals surface area contributed by atoms with Crippen LogP contribution in [0.4, 0.5) is 5.69 Å². The van der Waals surface area contributed by atoms with Crippen LogP contribution in [0.3, 0.4) is 0 Å². The maximum absolute atomic E-state index is 3.66. The third-order valence-electron chi connectivity index (χ3n) is 6.48. The summed E-state index contributed by atoms with van der Waals surface area (Å²) in [6.45, 7) is 6.91. The maximum atomic E-state index is 3.66. The number of fused-ring (bicyclic) bond motifs is 3. The Morgan fingerprint density at radius 2 is 1.45 bits per heavy atom. The van der Waals surface area contributed by atoms with Gasteiger partial charge in [-0.3, -0.25) is 0 Å². The number of hydrogen-bond acceptors (Lipinski definition) is 1. The molecule has 0 aromatic heterocycles. The average Bonchev–Trinajstić information content (AvgIpc) is 2.96. The first-order valence-electron chi connectivity index (χ1n) is 10.4. The van der Waals surface area contributed by atoms with Crippen LogP contribution in [0.15, 0.2) is 91.0 Å². The van der Waals surface area contributed by atoms with Crippen molar-refractivity contribution in [1.82, 2.24) is 0 Å². The van der Waals surface area contributed by atoms with Crippen molar-refractivity contribution in [1.29, 1.82) is 0 Å². The molecular weight excluding hydrogens is 350 g/mol. The molecule has 5 rings (SSSR count). The minimum absolute atomic E-state index is 0.0142. The van der Waals surface area contributed by atoms with Crippen LogP contribution in [0.25, 0.3) is 22.3 Å². The van der Waals surface area contributed by atoms with E-state index in [0.717, 1.165) is 12.1 Å². The summed E-state index contributed by atoms with van der Waals surface area (Å²) >= 11 is 0. The predicted molar refractivity (Wildman–Crippen MR) is 124 cm³/mol. The van der Waals surface area contributed by atoms with E-state index in [1.807, 2.05) is 0 Å². The second kappa shape index (κ2) is 6.49. The lowest BCUT2D eigenvalue weighted by Gasteiger charge is -2.29. The van der Waals surface area contributed by atoms with Crippen LogP contribution in [-0.4, -0.2) is 5.54 Å². The second-order valence-corrected chi connectivity index (χ2v) is 9.04. The molecule has 0 spiro atoms. The molecule has 0 radical (unpaired) electrons. The third-order valence-corrected chi connectivity index (χ3v) is 6.48. The molecule has 3 aromatic rings. The normalized spacial score (nSPS) is 20.9. The fourth-order valence-corrected chi connectivity index (χ4v) is 4.78. The summed E-state index contributed by atoms with van der Waals surface area (Å²) in [6, 6.07) is 24.6. The molecule has 0 fully saturated rings. The third kappa shape index (κ3) is 3.02. The molecule has 144 valence electrons. The van der Waals surface area contributed by atoms with Gasteiger partial charge in [0.1, 0.15) is 0 Å². The lowest BCUT2D eigenvalue weighted by molar-refractivity contribution is 0.641. The van der Waals surface area contributed by atoms with Crippen molar-refractivity contribution in [3.63, 3.8) is 0 Å². The molecule has 1 heteroatoms. The van der Waals surface area contributed by atoms with E-state index in [0.29, 0.717) is 0 Å². The highest BCUT2D eigenvalue weighted by Crippen LogP contribution is 2.49. The Bertz CT molecular complexity index is 1130. The molecule has 1 atom stereocenters. The zero-order valence-corrected chi connectivity index (χ0v) is 17.4. The van der Waals surface area contributed by atoms with Gasteiger partial charge in [-0.1, -0.05) is 86.7 Å². The minimum Gasteiger partial charge on any atom is -0.376 e. The highest BCUT2D eigenvalue weighted by atomic mass is 15.0. The van der Waals surface area contributed by atoms with Gasteiger partial charge in [0.15, 0.2) is 0 Å². The molecular formula is C28H27N. The van der Waals surface area contributed by atoms with Crippen molar-refractivity contribution < 1.29 is 0 Å². The summed E-state index contributed by atoms with van der Waals surface area (Å²) < 4.78 is 0. The molecule has 0 saturated carbocycles. The zero-order chi connectivity index (χ0) is 20.1. The monoisotopic (exact) mass is 377 g/mol. The topological polar surface area (TPSA) is 12.0 Å². The number of hydrogen-bond donors (Lipinski definition) is 1. The Balaban J connectivity index is 1.45. The van der Waals surface area contributed by atoms with Crippen molar-refractivity contribution in [2.75, 3.05) is 5.32 Å². The van der Waals surface area contributed by atoms with Gasteiger partial charge in [0.2, 0.25) is 0 Å². The van der Waals surface area contributed by atoms with E-state index < -0.39 is 0 Å². The Morgan fingerprint density at radius 3 is 2.21 bits per heavy atom. The fourth-order valence-electron chi connectivity index (χ4n) is 4.78. The van der Waals surface area contributed by atoms with Gasteiger partial charge in [-0.2, -0.15) is 0 Å². The van der Waals surface area contributed by atoms with Gasteiger partial charge in [-0.25, -0.2) is 0 Å². The molecule has 0 unspecified atom stereocenters. The standard InChI is InChI=1S/C28H27N/c1-27(2)25-10-6-5-9-23(25)24-16-13-21(19-26(24)27)20-11-14-22(15-12-20)29-28(3)17-7-4-8-18-28/h4-17,19,29H,18H2,1-3H3/t28-/m1/s1. The van der Waals surface area contributed by atoms with Crippen LogP contribution in [0, 0.1) is 0 Å². The highest BCUT2D eigenvalue weighted by Gasteiger charge is 2.35. The quantitative estimate of drug-likeness (QED) is 0.503. The van der Waals surface area contributed by atoms with Crippen molar-refractivity contribution in [2.45, 2.75) is 38.1 Å². The van der Waals surface area contributed by atoms with E-state index in [2.05, 4.69) is 117 Å². The maximum Gasteiger partial charge on any atom is 0.0565 e. The van der Waals surface area contributed by atoms with Crippen molar-refractivity contribution in [3.8, 4) is 22.3 Å². The van der Waals surface area contributed by atoms with Crippen LogP contribution < -0.4 is 5.32 Å². The van der Waals surface area contributed by atoms with Gasteiger partial charge in [0.25, 0.3) is 0 Å². The largest absolute Gasteiger partial charge is 0.376 e. The molecule has 3 aromatic carbocycles. The van der Waals surface area contributed by atoms with Crippen LogP contribution in [0.2, 0.25) is 0 Å². The predicted octanol–water partition coefficient (Wildman–Crippen LogP) is 7.35. The summed E-state index contributed by atoms with van der Waals surface area (Å²) in [7, 11) is 0. The first kappa shape index (κ1) is 18.0. The Hall–Kier alpha value is -3.06. The van der Waals surface area contributed by atoms with Crippen LogP contribution in [0.1, 0.15) is 38.3 Å². The lowest BCUT2D eigenvalue weighted by atomic mass is 9.81. The van der Waals surface area contributed by atoms with Crippen LogP contribution in [-0.2, 0) is 5.41 Å². The summed E-state index contributed by atoms with van der Waals surface area (Å²) in [4.78, 5) is 0. The van der Waals surface area contributed by atoms with Gasteiger partial charge in [0, 0.05) is 11.1 Å². The Morgan fingerprint density at radius 1 is 0.724 bits per heavy atom. The molecule has 0 saturated heterocycles. The molecule has 1 nitrogen and oxygen atoms in total. The van der Waals surface area contributed by atoms with Crippen molar-refractivity contribution in [2.24, 2.45) is 0 Å². The summed E-state index contributed by atoms with van der Waals surface area (Å²) in [5.41, 5.74) is 9.32. The van der Waals surface area contributed by atoms with Gasteiger partial charge in [0.05, 0.1) is 5.54 Å². The summed E-state index contributed by atoms with van der Waals surface area (Å²) in [5, 5.41) is 3.66. The molecule has 0 bridgehead atoms. The lowest BCUT2D eigenvalue weighted by Crippen LogP contribution is -2.32. The van der Waals surface area contributed by atoms with Gasteiger partial charge in [-0.05, 0) is 64.9 Å². The number of anilines is 1. The first-order chi connectivity index (χ1) is 14.0. The van der Waals surface area contributed by atoms with E-state index in [1.54, 1.807) is 0 Å². The Kier molecular flexibility index (Phi) is 4.03. The summed E-state index contributed by atoms with van der Waals surface area (Å²) in [5.74, 6) is 0. The molecule has 0 aliphatic heterocycles. The number of rotatable bonds is 3. The molecule has 2 aliphatic rings. The minimum atomic E-state index is -0.0142. The summed E-state index contributed by atoms with van der Waals surface area (Å²) in [6.07, 6.45) is 9.69. The smallest absolute Gasteiger partial charge is 0.0565 e. The van der Waals surface area contributed by atoms with E-state index in [9.17, 15) is 0 Å². The van der Waals surface area contributed by atoms with E-state index in [4.69, 9.17) is 0 Å². The van der Waals surface area contributed by atoms with Crippen LogP contribution >= 0.6 is 0 Å². The van der Waals surface area contributed by atoms with Crippen molar-refractivity contribution in [3.05, 3.63) is 102 Å². The van der Waals surface area contributed by atoms with Gasteiger partial charge >= 0.3 is 0 Å². The van der Waals surface area contributed by atoms with Gasteiger partial charge in [-0.15, -0.1) is 0 Å². The zero-order valence-electron chi connectivity index (χ0n) is 17.4. The number of nitrogens with one attached hydrogen (secondary N) is 1. The number of allylic oxidation sites excluding steroid dienone is 2. The highest BCUT2D eigenvalue weighted by molar-refractivity contribution is 5.83. The van der Waals surface area contributed by atoms with Gasteiger partial charge < -0.3 is 5.32 Å². The second-order valence-electron chi connectivity index (χ2n) is 9.04. The molecule has 29 heavy (non-hydrogen) atoms. The Labute approximate surface area is 173 Å². The molecule has 0 heterocycles. The average molecular weight is 378 g/mol.